The number of carbonyl (C=O) groups excluding carboxylic acids is 2. The molecule has 0 saturated carbocycles. The van der Waals surface area contributed by atoms with Gasteiger partial charge < -0.3 is 20.9 Å². The Balaban J connectivity index is 0.00000306. The van der Waals surface area contributed by atoms with Crippen LogP contribution in [0.3, 0.4) is 0 Å². The number of halogens is 1. The predicted molar refractivity (Wildman–Crippen MR) is 143 cm³/mol. The first kappa shape index (κ1) is 25.0. The average Bonchev–Trinajstić information content (AvgIpc) is 2.81. The minimum absolute atomic E-state index is 0. The van der Waals surface area contributed by atoms with Crippen molar-refractivity contribution in [2.75, 3.05) is 29.9 Å². The Morgan fingerprint density at radius 3 is 2.64 bits per heavy atom. The molecule has 176 valence electrons. The van der Waals surface area contributed by atoms with Crippen molar-refractivity contribution in [3.8, 4) is 0 Å². The molecule has 2 amide bonds. The Bertz CT molecular complexity index is 993. The molecule has 4 rings (SSSR count). The van der Waals surface area contributed by atoms with Crippen molar-refractivity contribution in [2.45, 2.75) is 45.1 Å². The molecule has 0 radical (unpaired) electrons. The summed E-state index contributed by atoms with van der Waals surface area (Å²) in [6.07, 6.45) is 3.14. The molecule has 0 bridgehead atoms. The standard InChI is InChI=1S/C25H31N5O2.HI/c1-2-26-25(28-17-19-15-23(31)29-22-8-4-3-7-21(19)22)27-16-18-10-12-20(13-11-18)30-14-6-5-9-24(30)32;/h3-4,7-8,10-13,19H,2,5-6,9,14-17H2,1H3,(H,29,31)(H2,26,27,28);1H. The fourth-order valence-corrected chi connectivity index (χ4v) is 4.28. The summed E-state index contributed by atoms with van der Waals surface area (Å²) in [5, 5.41) is 9.62. The van der Waals surface area contributed by atoms with Gasteiger partial charge in [-0.15, -0.1) is 24.0 Å². The maximum absolute atomic E-state index is 12.1. The lowest BCUT2D eigenvalue weighted by atomic mass is 9.90. The molecule has 0 aromatic heterocycles. The van der Waals surface area contributed by atoms with Crippen LogP contribution in [0.5, 0.6) is 0 Å². The van der Waals surface area contributed by atoms with Crippen LogP contribution in [-0.4, -0.2) is 37.4 Å². The topological polar surface area (TPSA) is 85.8 Å². The van der Waals surface area contributed by atoms with Gasteiger partial charge in [0.2, 0.25) is 11.8 Å². The highest BCUT2D eigenvalue weighted by atomic mass is 127. The van der Waals surface area contributed by atoms with E-state index in [9.17, 15) is 9.59 Å². The molecule has 2 heterocycles. The van der Waals surface area contributed by atoms with Gasteiger partial charge in [-0.25, -0.2) is 4.99 Å². The van der Waals surface area contributed by atoms with Crippen molar-refractivity contribution in [1.82, 2.24) is 10.6 Å². The molecule has 7 nitrogen and oxygen atoms in total. The third-order valence-electron chi connectivity index (χ3n) is 5.96. The Morgan fingerprint density at radius 2 is 1.88 bits per heavy atom. The van der Waals surface area contributed by atoms with Crippen molar-refractivity contribution in [3.63, 3.8) is 0 Å². The average molecular weight is 561 g/mol. The molecule has 1 saturated heterocycles. The third kappa shape index (κ3) is 6.46. The Labute approximate surface area is 212 Å². The number of nitrogens with zero attached hydrogens (tertiary/aromatic N) is 2. The van der Waals surface area contributed by atoms with Crippen LogP contribution in [0.15, 0.2) is 53.5 Å². The van der Waals surface area contributed by atoms with Crippen LogP contribution in [0.2, 0.25) is 0 Å². The van der Waals surface area contributed by atoms with Crippen LogP contribution in [-0.2, 0) is 16.1 Å². The zero-order valence-electron chi connectivity index (χ0n) is 19.0. The minimum atomic E-state index is 0. The van der Waals surface area contributed by atoms with Gasteiger partial charge in [0.25, 0.3) is 0 Å². The lowest BCUT2D eigenvalue weighted by molar-refractivity contribution is -0.119. The van der Waals surface area contributed by atoms with Crippen molar-refractivity contribution >= 4 is 53.1 Å². The molecule has 3 N–H and O–H groups in total. The van der Waals surface area contributed by atoms with Crippen LogP contribution in [0.1, 0.15) is 49.7 Å². The SMILES string of the molecule is CCNC(=NCc1ccc(N2CCCCC2=O)cc1)NCC1CC(=O)Nc2ccccc21.I. The van der Waals surface area contributed by atoms with Gasteiger partial charge in [-0.2, -0.15) is 0 Å². The molecule has 0 aliphatic carbocycles. The number of carbonyl (C=O) groups is 2. The summed E-state index contributed by atoms with van der Waals surface area (Å²) < 4.78 is 0. The smallest absolute Gasteiger partial charge is 0.226 e. The lowest BCUT2D eigenvalue weighted by Crippen LogP contribution is -2.40. The van der Waals surface area contributed by atoms with Crippen LogP contribution < -0.4 is 20.9 Å². The van der Waals surface area contributed by atoms with Gasteiger partial charge in [0, 0.05) is 49.8 Å². The Morgan fingerprint density at radius 1 is 1.09 bits per heavy atom. The van der Waals surface area contributed by atoms with Crippen molar-refractivity contribution in [3.05, 3.63) is 59.7 Å². The summed E-state index contributed by atoms with van der Waals surface area (Å²) in [7, 11) is 0. The summed E-state index contributed by atoms with van der Waals surface area (Å²) in [6.45, 7) is 4.75. The molecule has 2 aromatic rings. The third-order valence-corrected chi connectivity index (χ3v) is 5.96. The number of hydrogen-bond donors (Lipinski definition) is 3. The normalized spacial score (nSPS) is 18.2. The molecule has 33 heavy (non-hydrogen) atoms. The van der Waals surface area contributed by atoms with E-state index in [1.165, 1.54) is 0 Å². The summed E-state index contributed by atoms with van der Waals surface area (Å²) in [5.74, 6) is 1.08. The number of rotatable bonds is 6. The second-order valence-corrected chi connectivity index (χ2v) is 8.28. The summed E-state index contributed by atoms with van der Waals surface area (Å²) in [4.78, 5) is 30.8. The first-order valence-electron chi connectivity index (χ1n) is 11.4. The molecular weight excluding hydrogens is 529 g/mol. The fraction of sp³-hybridized carbons (Fsp3) is 0.400. The largest absolute Gasteiger partial charge is 0.357 e. The molecule has 1 unspecified atom stereocenters. The lowest BCUT2D eigenvalue weighted by Gasteiger charge is -2.27. The molecule has 2 aromatic carbocycles. The molecule has 2 aliphatic rings. The number of para-hydroxylation sites is 1. The highest BCUT2D eigenvalue weighted by Gasteiger charge is 2.24. The first-order chi connectivity index (χ1) is 15.6. The van der Waals surface area contributed by atoms with Crippen molar-refractivity contribution in [2.24, 2.45) is 4.99 Å². The number of anilines is 2. The first-order valence-corrected chi connectivity index (χ1v) is 11.4. The van der Waals surface area contributed by atoms with E-state index in [-0.39, 0.29) is 41.7 Å². The van der Waals surface area contributed by atoms with Gasteiger partial charge in [0.05, 0.1) is 6.54 Å². The zero-order valence-corrected chi connectivity index (χ0v) is 21.3. The molecular formula is C25H32IN5O2. The van der Waals surface area contributed by atoms with Crippen LogP contribution in [0, 0.1) is 0 Å². The summed E-state index contributed by atoms with van der Waals surface area (Å²) in [5.41, 5.74) is 4.09. The van der Waals surface area contributed by atoms with E-state index < -0.39 is 0 Å². The second-order valence-electron chi connectivity index (χ2n) is 8.28. The molecule has 0 spiro atoms. The van der Waals surface area contributed by atoms with Gasteiger partial charge in [-0.1, -0.05) is 30.3 Å². The van der Waals surface area contributed by atoms with E-state index >= 15 is 0 Å². The minimum Gasteiger partial charge on any atom is -0.357 e. The van der Waals surface area contributed by atoms with E-state index in [0.29, 0.717) is 25.9 Å². The van der Waals surface area contributed by atoms with Gasteiger partial charge >= 0.3 is 0 Å². The zero-order chi connectivity index (χ0) is 22.3. The number of piperidine rings is 1. The molecule has 2 aliphatic heterocycles. The predicted octanol–water partition coefficient (Wildman–Crippen LogP) is 4.00. The van der Waals surface area contributed by atoms with E-state index in [1.807, 2.05) is 54.3 Å². The second kappa shape index (κ2) is 12.0. The highest BCUT2D eigenvalue weighted by molar-refractivity contribution is 14.0. The van der Waals surface area contributed by atoms with E-state index in [4.69, 9.17) is 4.99 Å². The molecule has 8 heteroatoms. The number of nitrogens with one attached hydrogen (secondary N) is 3. The number of fused-ring (bicyclic) bond motifs is 1. The molecule has 1 atom stereocenters. The van der Waals surface area contributed by atoms with E-state index in [2.05, 4.69) is 22.0 Å². The van der Waals surface area contributed by atoms with E-state index in [0.717, 1.165) is 54.4 Å². The van der Waals surface area contributed by atoms with Gasteiger partial charge in [-0.05, 0) is 49.1 Å². The quantitative estimate of drug-likeness (QED) is 0.283. The Hall–Kier alpha value is -2.62. The van der Waals surface area contributed by atoms with Gasteiger partial charge in [-0.3, -0.25) is 9.59 Å². The van der Waals surface area contributed by atoms with Crippen molar-refractivity contribution < 1.29 is 9.59 Å². The van der Waals surface area contributed by atoms with Gasteiger partial charge in [0.1, 0.15) is 0 Å². The number of guanidine groups is 1. The van der Waals surface area contributed by atoms with Crippen LogP contribution >= 0.6 is 24.0 Å². The maximum Gasteiger partial charge on any atom is 0.226 e. The number of aliphatic imine (C=N–C) groups is 1. The summed E-state index contributed by atoms with van der Waals surface area (Å²) in [6, 6.07) is 16.0. The summed E-state index contributed by atoms with van der Waals surface area (Å²) >= 11 is 0. The maximum atomic E-state index is 12.1. The fourth-order valence-electron chi connectivity index (χ4n) is 4.28. The van der Waals surface area contributed by atoms with Gasteiger partial charge in [0.15, 0.2) is 5.96 Å². The number of hydrogen-bond acceptors (Lipinski definition) is 3. The van der Waals surface area contributed by atoms with E-state index in [1.54, 1.807) is 0 Å². The number of benzene rings is 2. The number of amides is 2. The highest BCUT2D eigenvalue weighted by Crippen LogP contribution is 2.31. The van der Waals surface area contributed by atoms with Crippen LogP contribution in [0.4, 0.5) is 11.4 Å². The Kier molecular flexibility index (Phi) is 9.11. The monoisotopic (exact) mass is 561 g/mol. The molecule has 1 fully saturated rings. The van der Waals surface area contributed by atoms with Crippen molar-refractivity contribution in [1.29, 1.82) is 0 Å². The van der Waals surface area contributed by atoms with Crippen LogP contribution in [0.25, 0.3) is 0 Å².